The number of nitrogens with zero attached hydrogens (tertiary/aromatic N) is 4. The number of fused-ring (bicyclic) bond motifs is 1. The highest BCUT2D eigenvalue weighted by Gasteiger charge is 2.15. The van der Waals surface area contributed by atoms with Crippen molar-refractivity contribution in [3.05, 3.63) is 36.2 Å². The molecule has 3 rings (SSSR count). The van der Waals surface area contributed by atoms with Gasteiger partial charge in [-0.1, -0.05) is 18.2 Å². The lowest BCUT2D eigenvalue weighted by Crippen LogP contribution is -2.15. The molecule has 6 nitrogen and oxygen atoms in total. The van der Waals surface area contributed by atoms with E-state index in [0.29, 0.717) is 11.6 Å². The maximum atomic E-state index is 4.61. The van der Waals surface area contributed by atoms with Gasteiger partial charge in [-0.3, -0.25) is 0 Å². The zero-order chi connectivity index (χ0) is 14.8. The van der Waals surface area contributed by atoms with Crippen molar-refractivity contribution in [2.24, 2.45) is 0 Å². The van der Waals surface area contributed by atoms with E-state index < -0.39 is 0 Å². The number of imidazole rings is 1. The van der Waals surface area contributed by atoms with Gasteiger partial charge >= 0.3 is 0 Å². The number of para-hydroxylation sites is 1. The number of aromatic nitrogens is 4. The number of nitrogens with one attached hydrogen (secondary N) is 2. The van der Waals surface area contributed by atoms with Gasteiger partial charge < -0.3 is 15.2 Å². The summed E-state index contributed by atoms with van der Waals surface area (Å²) in [6.45, 7) is 4.87. The Morgan fingerprint density at radius 2 is 2.05 bits per heavy atom. The second-order valence-corrected chi connectivity index (χ2v) is 4.85. The van der Waals surface area contributed by atoms with Crippen LogP contribution in [0.2, 0.25) is 0 Å². The topological polar surface area (TPSA) is 69.7 Å². The van der Waals surface area contributed by atoms with Crippen molar-refractivity contribution in [2.75, 3.05) is 23.8 Å². The first kappa shape index (κ1) is 13.4. The summed E-state index contributed by atoms with van der Waals surface area (Å²) in [6.07, 6.45) is 1.64. The van der Waals surface area contributed by atoms with E-state index in [1.807, 2.05) is 26.1 Å². The van der Waals surface area contributed by atoms with Crippen molar-refractivity contribution < 1.29 is 0 Å². The van der Waals surface area contributed by atoms with Crippen LogP contribution in [0.4, 0.5) is 17.5 Å². The van der Waals surface area contributed by atoms with Crippen LogP contribution in [0.15, 0.2) is 30.6 Å². The van der Waals surface area contributed by atoms with Crippen LogP contribution in [-0.2, 0) is 0 Å². The number of benzene rings is 1. The van der Waals surface area contributed by atoms with Crippen molar-refractivity contribution >= 4 is 28.6 Å². The van der Waals surface area contributed by atoms with Crippen LogP contribution in [0, 0.1) is 6.92 Å². The standard InChI is InChI=1S/C15H18N6/c1-4-16-15-19-13-12(17-9-18-13)14(20-15)21(3)11-8-6-5-7-10(11)2/h5-9H,4H2,1-3H3,(H2,16,17,18,19,20). The van der Waals surface area contributed by atoms with Crippen molar-refractivity contribution in [3.8, 4) is 0 Å². The predicted molar refractivity (Wildman–Crippen MR) is 85.1 cm³/mol. The van der Waals surface area contributed by atoms with Gasteiger partial charge in [-0.2, -0.15) is 9.97 Å². The minimum atomic E-state index is 0.590. The van der Waals surface area contributed by atoms with E-state index in [4.69, 9.17) is 0 Å². The third kappa shape index (κ3) is 2.40. The summed E-state index contributed by atoms with van der Waals surface area (Å²) < 4.78 is 0. The lowest BCUT2D eigenvalue weighted by atomic mass is 10.2. The minimum Gasteiger partial charge on any atom is -0.354 e. The predicted octanol–water partition coefficient (Wildman–Crippen LogP) is 2.86. The van der Waals surface area contributed by atoms with Gasteiger partial charge in [-0.05, 0) is 25.5 Å². The highest BCUT2D eigenvalue weighted by atomic mass is 15.2. The summed E-state index contributed by atoms with van der Waals surface area (Å²) in [7, 11) is 2.00. The van der Waals surface area contributed by atoms with Crippen LogP contribution in [0.5, 0.6) is 0 Å². The fraction of sp³-hybridized carbons (Fsp3) is 0.267. The molecule has 2 heterocycles. The van der Waals surface area contributed by atoms with Gasteiger partial charge in [0.15, 0.2) is 11.5 Å². The average molecular weight is 282 g/mol. The lowest BCUT2D eigenvalue weighted by molar-refractivity contribution is 1.06. The van der Waals surface area contributed by atoms with Gasteiger partial charge in [0.05, 0.1) is 6.33 Å². The SMILES string of the molecule is CCNc1nc(N(C)c2ccccc2C)c2[nH]cnc2n1. The van der Waals surface area contributed by atoms with Gasteiger partial charge in [-0.25, -0.2) is 4.98 Å². The van der Waals surface area contributed by atoms with E-state index >= 15 is 0 Å². The zero-order valence-corrected chi connectivity index (χ0v) is 12.4. The molecule has 0 aliphatic rings. The molecule has 0 fully saturated rings. The summed E-state index contributed by atoms with van der Waals surface area (Å²) in [5, 5.41) is 3.15. The Balaban J connectivity index is 2.14. The van der Waals surface area contributed by atoms with E-state index in [-0.39, 0.29) is 0 Å². The molecule has 21 heavy (non-hydrogen) atoms. The maximum absolute atomic E-state index is 4.61. The quantitative estimate of drug-likeness (QED) is 0.770. The lowest BCUT2D eigenvalue weighted by Gasteiger charge is -2.21. The maximum Gasteiger partial charge on any atom is 0.226 e. The van der Waals surface area contributed by atoms with Crippen molar-refractivity contribution in [3.63, 3.8) is 0 Å². The number of aromatic amines is 1. The van der Waals surface area contributed by atoms with Gasteiger partial charge in [0.2, 0.25) is 5.95 Å². The van der Waals surface area contributed by atoms with E-state index in [1.54, 1.807) is 6.33 Å². The summed E-state index contributed by atoms with van der Waals surface area (Å²) in [5.74, 6) is 1.40. The molecular weight excluding hydrogens is 264 g/mol. The molecule has 6 heteroatoms. The Kier molecular flexibility index (Phi) is 3.43. The first-order chi connectivity index (χ1) is 10.2. The second-order valence-electron chi connectivity index (χ2n) is 4.85. The van der Waals surface area contributed by atoms with Crippen LogP contribution >= 0.6 is 0 Å². The van der Waals surface area contributed by atoms with Crippen LogP contribution in [0.1, 0.15) is 12.5 Å². The highest BCUT2D eigenvalue weighted by molar-refractivity contribution is 5.87. The molecule has 2 N–H and O–H groups in total. The minimum absolute atomic E-state index is 0.590. The Morgan fingerprint density at radius 3 is 2.81 bits per heavy atom. The number of anilines is 3. The molecule has 0 saturated carbocycles. The number of hydrogen-bond donors (Lipinski definition) is 2. The van der Waals surface area contributed by atoms with Gasteiger partial charge in [0, 0.05) is 19.3 Å². The molecule has 0 aliphatic heterocycles. The van der Waals surface area contributed by atoms with Crippen LogP contribution in [0.3, 0.4) is 0 Å². The summed E-state index contributed by atoms with van der Waals surface area (Å²) in [6, 6.07) is 8.22. The Morgan fingerprint density at radius 1 is 1.24 bits per heavy atom. The molecule has 0 saturated heterocycles. The Labute approximate surface area is 123 Å². The average Bonchev–Trinajstić information content (AvgIpc) is 2.95. The number of aryl methyl sites for hydroxylation is 1. The molecule has 1 aromatic carbocycles. The fourth-order valence-electron chi connectivity index (χ4n) is 2.35. The number of hydrogen-bond acceptors (Lipinski definition) is 5. The molecule has 0 unspecified atom stereocenters. The molecule has 2 aromatic heterocycles. The van der Waals surface area contributed by atoms with Crippen molar-refractivity contribution in [1.29, 1.82) is 0 Å². The van der Waals surface area contributed by atoms with E-state index in [9.17, 15) is 0 Å². The first-order valence-corrected chi connectivity index (χ1v) is 6.95. The summed E-state index contributed by atoms with van der Waals surface area (Å²) in [4.78, 5) is 18.4. The number of H-pyrrole nitrogens is 1. The highest BCUT2D eigenvalue weighted by Crippen LogP contribution is 2.29. The monoisotopic (exact) mass is 282 g/mol. The fourth-order valence-corrected chi connectivity index (χ4v) is 2.35. The molecule has 108 valence electrons. The molecule has 0 spiro atoms. The zero-order valence-electron chi connectivity index (χ0n) is 12.4. The third-order valence-electron chi connectivity index (χ3n) is 3.40. The van der Waals surface area contributed by atoms with Crippen LogP contribution < -0.4 is 10.2 Å². The van der Waals surface area contributed by atoms with Gasteiger partial charge in [-0.15, -0.1) is 0 Å². The smallest absolute Gasteiger partial charge is 0.226 e. The van der Waals surface area contributed by atoms with E-state index in [2.05, 4.69) is 49.2 Å². The molecule has 0 radical (unpaired) electrons. The molecular formula is C15H18N6. The summed E-state index contributed by atoms with van der Waals surface area (Å²) in [5.41, 5.74) is 3.80. The van der Waals surface area contributed by atoms with E-state index in [0.717, 1.165) is 23.6 Å². The third-order valence-corrected chi connectivity index (χ3v) is 3.40. The Hall–Kier alpha value is -2.63. The Bertz CT molecular complexity index is 764. The first-order valence-electron chi connectivity index (χ1n) is 6.95. The molecule has 0 amide bonds. The normalized spacial score (nSPS) is 10.8. The second kappa shape index (κ2) is 5.40. The number of rotatable bonds is 4. The largest absolute Gasteiger partial charge is 0.354 e. The van der Waals surface area contributed by atoms with E-state index in [1.165, 1.54) is 5.56 Å². The van der Waals surface area contributed by atoms with Gasteiger partial charge in [0.25, 0.3) is 0 Å². The van der Waals surface area contributed by atoms with Crippen molar-refractivity contribution in [2.45, 2.75) is 13.8 Å². The molecule has 3 aromatic rings. The summed E-state index contributed by atoms with van der Waals surface area (Å²) >= 11 is 0. The molecule has 0 atom stereocenters. The van der Waals surface area contributed by atoms with Crippen LogP contribution in [-0.4, -0.2) is 33.5 Å². The molecule has 0 aliphatic carbocycles. The van der Waals surface area contributed by atoms with Crippen LogP contribution in [0.25, 0.3) is 11.2 Å². The molecule has 0 bridgehead atoms. The van der Waals surface area contributed by atoms with Crippen molar-refractivity contribution in [1.82, 2.24) is 19.9 Å². The van der Waals surface area contributed by atoms with Gasteiger partial charge in [0.1, 0.15) is 5.52 Å².